The van der Waals surface area contributed by atoms with Crippen molar-refractivity contribution in [2.24, 2.45) is 5.92 Å². The molecule has 1 unspecified atom stereocenters. The molecule has 1 aromatic rings. The number of H-pyrrole nitrogens is 1. The third-order valence-electron chi connectivity index (χ3n) is 2.55. The number of aliphatic carboxylic acids is 1. The van der Waals surface area contributed by atoms with E-state index in [9.17, 15) is 9.59 Å². The van der Waals surface area contributed by atoms with Crippen molar-refractivity contribution in [2.75, 3.05) is 13.6 Å². The van der Waals surface area contributed by atoms with E-state index in [1.807, 2.05) is 6.92 Å². The van der Waals surface area contributed by atoms with Gasteiger partial charge in [-0.25, -0.2) is 0 Å². The molecule has 1 heterocycles. The van der Waals surface area contributed by atoms with E-state index < -0.39 is 11.9 Å². The Kier molecular flexibility index (Phi) is 4.25. The fourth-order valence-electron chi connectivity index (χ4n) is 1.42. The molecule has 1 aromatic heterocycles. The van der Waals surface area contributed by atoms with Crippen molar-refractivity contribution in [3.8, 4) is 0 Å². The molecule has 6 heteroatoms. The minimum atomic E-state index is -0.916. The molecule has 0 radical (unpaired) electrons. The minimum Gasteiger partial charge on any atom is -0.481 e. The highest BCUT2D eigenvalue weighted by Gasteiger charge is 2.20. The highest BCUT2D eigenvalue weighted by atomic mass is 16.4. The van der Waals surface area contributed by atoms with Gasteiger partial charge >= 0.3 is 5.97 Å². The van der Waals surface area contributed by atoms with Gasteiger partial charge in [-0.1, -0.05) is 13.8 Å². The Morgan fingerprint density at radius 1 is 1.59 bits per heavy atom. The van der Waals surface area contributed by atoms with Crippen molar-refractivity contribution in [3.63, 3.8) is 0 Å². The van der Waals surface area contributed by atoms with Crippen LogP contribution < -0.4 is 0 Å². The van der Waals surface area contributed by atoms with Crippen LogP contribution in [-0.2, 0) is 11.2 Å². The lowest BCUT2D eigenvalue weighted by molar-refractivity contribution is -0.141. The summed E-state index contributed by atoms with van der Waals surface area (Å²) in [6.45, 7) is 3.69. The largest absolute Gasteiger partial charge is 0.481 e. The summed E-state index contributed by atoms with van der Waals surface area (Å²) >= 11 is 0. The second kappa shape index (κ2) is 5.47. The van der Waals surface area contributed by atoms with Crippen LogP contribution in [0.1, 0.15) is 30.0 Å². The average Bonchev–Trinajstić information content (AvgIpc) is 2.76. The molecule has 2 N–H and O–H groups in total. The van der Waals surface area contributed by atoms with Crippen LogP contribution in [0.2, 0.25) is 0 Å². The fourth-order valence-corrected chi connectivity index (χ4v) is 1.42. The number of nitrogens with one attached hydrogen (secondary N) is 1. The zero-order chi connectivity index (χ0) is 13.0. The van der Waals surface area contributed by atoms with Crippen molar-refractivity contribution >= 4 is 11.9 Å². The first-order valence-corrected chi connectivity index (χ1v) is 5.48. The lowest BCUT2D eigenvalue weighted by Gasteiger charge is -2.18. The number of carbonyl (C=O) groups excluding carboxylic acids is 1. The summed E-state index contributed by atoms with van der Waals surface area (Å²) in [7, 11) is 1.57. The molecule has 0 aromatic carbocycles. The number of carboxylic acids is 1. The van der Waals surface area contributed by atoms with E-state index in [1.54, 1.807) is 20.0 Å². The number of aryl methyl sites for hydroxylation is 1. The van der Waals surface area contributed by atoms with Crippen molar-refractivity contribution < 1.29 is 14.7 Å². The first-order valence-electron chi connectivity index (χ1n) is 5.48. The molecule has 0 aliphatic rings. The fraction of sp³-hybridized carbons (Fsp3) is 0.545. The van der Waals surface area contributed by atoms with Crippen molar-refractivity contribution in [1.29, 1.82) is 0 Å². The van der Waals surface area contributed by atoms with Gasteiger partial charge in [0, 0.05) is 19.3 Å². The minimum absolute atomic E-state index is 0.169. The van der Waals surface area contributed by atoms with Gasteiger partial charge in [-0.15, -0.1) is 0 Å². The number of carbonyl (C=O) groups is 2. The van der Waals surface area contributed by atoms with E-state index in [0.717, 1.165) is 12.1 Å². The van der Waals surface area contributed by atoms with Gasteiger partial charge in [0.15, 0.2) is 0 Å². The molecule has 0 aliphatic heterocycles. The van der Waals surface area contributed by atoms with Gasteiger partial charge in [0.05, 0.1) is 5.92 Å². The number of rotatable bonds is 5. The van der Waals surface area contributed by atoms with Gasteiger partial charge in [0.2, 0.25) is 0 Å². The number of hydrogen-bond acceptors (Lipinski definition) is 3. The molecule has 17 heavy (non-hydrogen) atoms. The first kappa shape index (κ1) is 13.2. The van der Waals surface area contributed by atoms with Gasteiger partial charge in [0.1, 0.15) is 5.69 Å². The van der Waals surface area contributed by atoms with E-state index in [2.05, 4.69) is 10.2 Å². The molecule has 1 rings (SSSR count). The van der Waals surface area contributed by atoms with E-state index in [-0.39, 0.29) is 12.5 Å². The van der Waals surface area contributed by atoms with Crippen LogP contribution >= 0.6 is 0 Å². The molecule has 0 fully saturated rings. The first-order chi connectivity index (χ1) is 7.95. The third-order valence-corrected chi connectivity index (χ3v) is 2.55. The van der Waals surface area contributed by atoms with Crippen LogP contribution in [0.3, 0.4) is 0 Å². The number of hydrogen-bond donors (Lipinski definition) is 2. The van der Waals surface area contributed by atoms with E-state index in [1.165, 1.54) is 4.90 Å². The van der Waals surface area contributed by atoms with Crippen LogP contribution in [0.15, 0.2) is 6.07 Å². The Hall–Kier alpha value is -1.85. The Bertz CT molecular complexity index is 414. The second-order valence-corrected chi connectivity index (χ2v) is 4.06. The average molecular weight is 239 g/mol. The molecule has 1 amide bonds. The van der Waals surface area contributed by atoms with Gasteiger partial charge in [-0.05, 0) is 12.5 Å². The Labute approximate surface area is 99.6 Å². The zero-order valence-electron chi connectivity index (χ0n) is 10.2. The van der Waals surface area contributed by atoms with Crippen LogP contribution in [0.25, 0.3) is 0 Å². The molecule has 1 atom stereocenters. The Morgan fingerprint density at radius 2 is 2.24 bits per heavy atom. The lowest BCUT2D eigenvalue weighted by Crippen LogP contribution is -2.33. The standard InChI is InChI=1S/C11H17N3O3/c1-4-8-5-9(13-12-8)10(15)14(3)6-7(2)11(16)17/h5,7H,4,6H2,1-3H3,(H,12,13)(H,16,17). The summed E-state index contributed by atoms with van der Waals surface area (Å²) in [6.07, 6.45) is 0.773. The molecular weight excluding hydrogens is 222 g/mol. The number of nitrogens with zero attached hydrogens (tertiary/aromatic N) is 2. The smallest absolute Gasteiger partial charge is 0.308 e. The van der Waals surface area contributed by atoms with Gasteiger partial charge in [-0.3, -0.25) is 14.7 Å². The number of aromatic nitrogens is 2. The summed E-state index contributed by atoms with van der Waals surface area (Å²) in [6, 6.07) is 1.68. The molecule has 0 bridgehead atoms. The topological polar surface area (TPSA) is 86.3 Å². The van der Waals surface area contributed by atoms with Crippen molar-refractivity contribution in [1.82, 2.24) is 15.1 Å². The molecule has 0 spiro atoms. The number of carboxylic acid groups (broad SMARTS) is 1. The van der Waals surface area contributed by atoms with Crippen molar-refractivity contribution in [3.05, 3.63) is 17.5 Å². The number of amides is 1. The van der Waals surface area contributed by atoms with Gasteiger partial charge in [-0.2, -0.15) is 5.10 Å². The van der Waals surface area contributed by atoms with Gasteiger partial charge < -0.3 is 10.0 Å². The summed E-state index contributed by atoms with van der Waals surface area (Å²) < 4.78 is 0. The molecule has 0 saturated carbocycles. The third kappa shape index (κ3) is 3.30. The summed E-state index contributed by atoms with van der Waals surface area (Å²) in [5.74, 6) is -1.77. The SMILES string of the molecule is CCc1cc(C(=O)N(C)CC(C)C(=O)O)n[nH]1. The quantitative estimate of drug-likeness (QED) is 0.794. The maximum absolute atomic E-state index is 11.9. The normalized spacial score (nSPS) is 12.2. The maximum atomic E-state index is 11.9. The van der Waals surface area contributed by atoms with Crippen LogP contribution in [-0.4, -0.2) is 45.7 Å². The Balaban J connectivity index is 2.66. The molecule has 6 nitrogen and oxygen atoms in total. The van der Waals surface area contributed by atoms with E-state index in [0.29, 0.717) is 5.69 Å². The van der Waals surface area contributed by atoms with Crippen molar-refractivity contribution in [2.45, 2.75) is 20.3 Å². The number of aromatic amines is 1. The van der Waals surface area contributed by atoms with E-state index in [4.69, 9.17) is 5.11 Å². The Morgan fingerprint density at radius 3 is 2.71 bits per heavy atom. The van der Waals surface area contributed by atoms with Crippen LogP contribution in [0, 0.1) is 5.92 Å². The van der Waals surface area contributed by atoms with Gasteiger partial charge in [0.25, 0.3) is 5.91 Å². The molecule has 0 saturated heterocycles. The van der Waals surface area contributed by atoms with Crippen LogP contribution in [0.4, 0.5) is 0 Å². The van der Waals surface area contributed by atoms with E-state index >= 15 is 0 Å². The monoisotopic (exact) mass is 239 g/mol. The zero-order valence-corrected chi connectivity index (χ0v) is 10.2. The second-order valence-electron chi connectivity index (χ2n) is 4.06. The summed E-state index contributed by atoms with van der Waals surface area (Å²) in [5, 5.41) is 15.4. The van der Waals surface area contributed by atoms with Crippen LogP contribution in [0.5, 0.6) is 0 Å². The lowest BCUT2D eigenvalue weighted by atomic mass is 10.1. The predicted molar refractivity (Wildman–Crippen MR) is 61.7 cm³/mol. The molecule has 94 valence electrons. The maximum Gasteiger partial charge on any atom is 0.308 e. The summed E-state index contributed by atoms with van der Waals surface area (Å²) in [4.78, 5) is 23.9. The highest BCUT2D eigenvalue weighted by molar-refractivity contribution is 5.92. The summed E-state index contributed by atoms with van der Waals surface area (Å²) in [5.41, 5.74) is 1.20. The highest BCUT2D eigenvalue weighted by Crippen LogP contribution is 2.06. The molecule has 0 aliphatic carbocycles. The predicted octanol–water partition coefficient (Wildman–Crippen LogP) is 0.765. The molecular formula is C11H17N3O3.